The van der Waals surface area contributed by atoms with Gasteiger partial charge in [0.1, 0.15) is 23.9 Å². The minimum atomic E-state index is -0.498. The van der Waals surface area contributed by atoms with E-state index in [9.17, 15) is 24.8 Å². The van der Waals surface area contributed by atoms with Crippen molar-refractivity contribution in [2.24, 2.45) is 7.05 Å². The first kappa shape index (κ1) is 31.8. The third-order valence-corrected chi connectivity index (χ3v) is 8.38. The average Bonchev–Trinajstić information content (AvgIpc) is 3.57. The summed E-state index contributed by atoms with van der Waals surface area (Å²) in [7, 11) is 1.93. The molecule has 2 heterocycles. The monoisotopic (exact) mass is 666 g/mol. The van der Waals surface area contributed by atoms with Gasteiger partial charge in [-0.2, -0.15) is 0 Å². The van der Waals surface area contributed by atoms with E-state index in [1.165, 1.54) is 24.3 Å². The number of aromatic amines is 1. The summed E-state index contributed by atoms with van der Waals surface area (Å²) in [5.41, 5.74) is 4.71. The van der Waals surface area contributed by atoms with Crippen molar-refractivity contribution < 1.29 is 24.3 Å². The second-order valence-corrected chi connectivity index (χ2v) is 11.9. The molecule has 0 spiro atoms. The van der Waals surface area contributed by atoms with E-state index in [0.29, 0.717) is 47.2 Å². The van der Waals surface area contributed by atoms with Gasteiger partial charge in [0.25, 0.3) is 5.69 Å². The number of hydrogen-bond acceptors (Lipinski definition) is 9. The number of imidazole rings is 1. The highest BCUT2D eigenvalue weighted by molar-refractivity contribution is 7.09. The Kier molecular flexibility index (Phi) is 9.34. The largest absolute Gasteiger partial charge is 0.494 e. The Bertz CT molecular complexity index is 2120. The third kappa shape index (κ3) is 7.79. The molecule has 0 aliphatic carbocycles. The number of aryl methyl sites for hydroxylation is 1. The molecule has 0 bridgehead atoms. The molecule has 4 N–H and O–H groups in total. The van der Waals surface area contributed by atoms with Gasteiger partial charge < -0.3 is 29.8 Å². The van der Waals surface area contributed by atoms with Crippen molar-refractivity contribution in [2.45, 2.75) is 19.4 Å². The summed E-state index contributed by atoms with van der Waals surface area (Å²) in [6, 6.07) is 25.8. The van der Waals surface area contributed by atoms with Crippen molar-refractivity contribution in [1.82, 2.24) is 14.5 Å². The van der Waals surface area contributed by atoms with Crippen molar-refractivity contribution in [2.75, 3.05) is 17.2 Å². The standard InChI is InChI=1S/C34H30N6O7S/c1-39-29-19-27(46-17-16-21-2-6-23(7-3-21)35-33(42)36-24-8-10-25(11-9-24)40(44)45)14-15-28(29)37-31(39)20-47-26-12-4-22(5-13-26)18-30-32(41)38-34(43)48-30/h2-15,19,41H,16-18,20H2,1H3,(H,38,43)(H2,35,36,42). The number of hydrogen-bond donors (Lipinski definition) is 4. The molecule has 4 aromatic carbocycles. The molecule has 48 heavy (non-hydrogen) atoms. The highest BCUT2D eigenvalue weighted by Gasteiger charge is 2.12. The lowest BCUT2D eigenvalue weighted by molar-refractivity contribution is -0.384. The van der Waals surface area contributed by atoms with Gasteiger partial charge in [-0.25, -0.2) is 9.78 Å². The van der Waals surface area contributed by atoms with E-state index in [1.54, 1.807) is 12.1 Å². The van der Waals surface area contributed by atoms with Crippen LogP contribution >= 0.6 is 11.3 Å². The molecule has 0 saturated heterocycles. The molecule has 13 nitrogen and oxygen atoms in total. The van der Waals surface area contributed by atoms with Gasteiger partial charge in [-0.05, 0) is 59.7 Å². The number of nitrogens with one attached hydrogen (secondary N) is 3. The highest BCUT2D eigenvalue weighted by Crippen LogP contribution is 2.25. The van der Waals surface area contributed by atoms with Gasteiger partial charge in [-0.3, -0.25) is 19.9 Å². The van der Waals surface area contributed by atoms with Gasteiger partial charge in [-0.15, -0.1) is 0 Å². The molecule has 6 rings (SSSR count). The Labute approximate surface area is 277 Å². The lowest BCUT2D eigenvalue weighted by Gasteiger charge is -2.10. The number of rotatable bonds is 12. The molecule has 0 aliphatic rings. The van der Waals surface area contributed by atoms with E-state index < -0.39 is 11.0 Å². The second kappa shape index (κ2) is 14.1. The third-order valence-electron chi connectivity index (χ3n) is 7.51. The number of amides is 2. The number of aromatic hydroxyl groups is 1. The normalized spacial score (nSPS) is 10.9. The molecule has 0 unspecified atom stereocenters. The number of nitrogens with zero attached hydrogens (tertiary/aromatic N) is 3. The van der Waals surface area contributed by atoms with Crippen LogP contribution in [0.2, 0.25) is 0 Å². The maximum absolute atomic E-state index is 12.3. The molecule has 0 atom stereocenters. The van der Waals surface area contributed by atoms with E-state index in [-0.39, 0.29) is 23.0 Å². The summed E-state index contributed by atoms with van der Waals surface area (Å²) in [4.78, 5) is 41.4. The van der Waals surface area contributed by atoms with Crippen molar-refractivity contribution in [3.63, 3.8) is 0 Å². The molecule has 0 saturated carbocycles. The van der Waals surface area contributed by atoms with E-state index in [1.807, 2.05) is 66.2 Å². The summed E-state index contributed by atoms with van der Waals surface area (Å²) >= 11 is 0.994. The summed E-state index contributed by atoms with van der Waals surface area (Å²) in [6.45, 7) is 0.718. The number of urea groups is 1. The number of nitro groups is 1. The molecule has 0 radical (unpaired) electrons. The zero-order chi connectivity index (χ0) is 33.6. The highest BCUT2D eigenvalue weighted by atomic mass is 32.1. The molecular weight excluding hydrogens is 636 g/mol. The van der Waals surface area contributed by atoms with Gasteiger partial charge in [0.05, 0.1) is 27.4 Å². The Morgan fingerprint density at radius 2 is 1.58 bits per heavy atom. The zero-order valence-corrected chi connectivity index (χ0v) is 26.5. The number of H-pyrrole nitrogens is 1. The number of nitro benzene ring substituents is 1. The van der Waals surface area contributed by atoms with Gasteiger partial charge >= 0.3 is 10.9 Å². The number of thiazole rings is 1. The average molecular weight is 667 g/mol. The summed E-state index contributed by atoms with van der Waals surface area (Å²) in [6.07, 6.45) is 1.10. The second-order valence-electron chi connectivity index (χ2n) is 10.8. The van der Waals surface area contributed by atoms with Crippen LogP contribution in [-0.2, 0) is 26.5 Å². The van der Waals surface area contributed by atoms with Crippen molar-refractivity contribution in [3.05, 3.63) is 133 Å². The van der Waals surface area contributed by atoms with Crippen LogP contribution < -0.4 is 25.0 Å². The van der Waals surface area contributed by atoms with E-state index in [0.717, 1.165) is 39.3 Å². The molecule has 6 aromatic rings. The quantitative estimate of drug-likeness (QED) is 0.0861. The first-order chi connectivity index (χ1) is 23.2. The number of fused-ring (bicyclic) bond motifs is 1. The molecular formula is C34H30N6O7S. The molecule has 2 aromatic heterocycles. The van der Waals surface area contributed by atoms with Crippen LogP contribution in [0.3, 0.4) is 0 Å². The van der Waals surface area contributed by atoms with Crippen molar-refractivity contribution in [1.29, 1.82) is 0 Å². The fourth-order valence-corrected chi connectivity index (χ4v) is 5.71. The summed E-state index contributed by atoms with van der Waals surface area (Å²) in [5, 5.41) is 26.0. The SMILES string of the molecule is Cn1c(COc2ccc(Cc3sc(=O)[nH]c3O)cc2)nc2ccc(OCCc3ccc(NC(=O)Nc4ccc([N+](=O)[O-])cc4)cc3)cc21. The maximum Gasteiger partial charge on any atom is 0.323 e. The van der Waals surface area contributed by atoms with Gasteiger partial charge in [0, 0.05) is 49.5 Å². The van der Waals surface area contributed by atoms with Crippen LogP contribution in [0.4, 0.5) is 21.9 Å². The number of anilines is 2. The van der Waals surface area contributed by atoms with Crippen LogP contribution in [0.5, 0.6) is 17.4 Å². The first-order valence-electron chi connectivity index (χ1n) is 14.8. The lowest BCUT2D eigenvalue weighted by atomic mass is 10.1. The Morgan fingerprint density at radius 3 is 2.23 bits per heavy atom. The van der Waals surface area contributed by atoms with Crippen LogP contribution in [0.15, 0.2) is 95.8 Å². The number of carbonyl (C=O) groups excluding carboxylic acids is 1. The van der Waals surface area contributed by atoms with E-state index >= 15 is 0 Å². The number of benzene rings is 4. The van der Waals surface area contributed by atoms with E-state index in [2.05, 4.69) is 15.6 Å². The van der Waals surface area contributed by atoms with Crippen LogP contribution in [0.1, 0.15) is 21.8 Å². The number of ether oxygens (including phenoxy) is 2. The summed E-state index contributed by atoms with van der Waals surface area (Å²) < 4.78 is 14.0. The lowest BCUT2D eigenvalue weighted by Crippen LogP contribution is -2.19. The van der Waals surface area contributed by atoms with Crippen molar-refractivity contribution in [3.8, 4) is 17.4 Å². The minimum Gasteiger partial charge on any atom is -0.494 e. The number of aromatic nitrogens is 3. The van der Waals surface area contributed by atoms with Crippen LogP contribution in [0.25, 0.3) is 11.0 Å². The van der Waals surface area contributed by atoms with Crippen molar-refractivity contribution >= 4 is 45.5 Å². The number of carbonyl (C=O) groups is 1. The smallest absolute Gasteiger partial charge is 0.323 e. The minimum absolute atomic E-state index is 0.0515. The van der Waals surface area contributed by atoms with Crippen LogP contribution in [-0.4, -0.2) is 37.2 Å². The first-order valence-corrected chi connectivity index (χ1v) is 15.6. The fraction of sp³-hybridized carbons (Fsp3) is 0.147. The topological polar surface area (TPSA) is 174 Å². The Hall–Kier alpha value is -6.15. The van der Waals surface area contributed by atoms with Gasteiger partial charge in [0.15, 0.2) is 0 Å². The maximum atomic E-state index is 12.3. The van der Waals surface area contributed by atoms with Crippen LogP contribution in [0, 0.1) is 10.1 Å². The predicted octanol–water partition coefficient (Wildman–Crippen LogP) is 6.37. The number of non-ortho nitro benzene ring substituents is 1. The predicted molar refractivity (Wildman–Crippen MR) is 182 cm³/mol. The molecule has 14 heteroatoms. The zero-order valence-electron chi connectivity index (χ0n) is 25.6. The molecule has 2 amide bonds. The Balaban J connectivity index is 0.974. The van der Waals surface area contributed by atoms with E-state index in [4.69, 9.17) is 14.5 Å². The Morgan fingerprint density at radius 1 is 0.938 bits per heavy atom. The molecule has 0 fully saturated rings. The van der Waals surface area contributed by atoms with Gasteiger partial charge in [0.2, 0.25) is 5.88 Å². The molecule has 244 valence electrons. The fourth-order valence-electron chi connectivity index (χ4n) is 4.95. The molecule has 0 aliphatic heterocycles. The summed E-state index contributed by atoms with van der Waals surface area (Å²) in [5.74, 6) is 2.06. The van der Waals surface area contributed by atoms with Gasteiger partial charge in [-0.1, -0.05) is 35.6 Å².